The van der Waals surface area contributed by atoms with Crippen LogP contribution in [0, 0.1) is 11.3 Å². The Morgan fingerprint density at radius 2 is 1.73 bits per heavy atom. The van der Waals surface area contributed by atoms with Crippen LogP contribution in [0.1, 0.15) is 92.9 Å². The van der Waals surface area contributed by atoms with E-state index >= 15 is 9.59 Å². The second-order valence-corrected chi connectivity index (χ2v) is 36.6. The fourth-order valence-electron chi connectivity index (χ4n) is 16.6. The lowest BCUT2D eigenvalue weighted by molar-refractivity contribution is -0.203. The van der Waals surface area contributed by atoms with Crippen molar-refractivity contribution in [1.29, 1.82) is 0 Å². The number of fused-ring (bicyclic) bond motifs is 6. The Bertz CT molecular complexity index is 3310. The van der Waals surface area contributed by atoms with Crippen molar-refractivity contribution < 1.29 is 48.0 Å². The largest absolute Gasteiger partial charge is 0.496 e. The molecule has 86 heavy (non-hydrogen) atoms. The molecule has 10 atom stereocenters. The number of esters is 1. The highest BCUT2D eigenvalue weighted by atomic mass is 32.2. The van der Waals surface area contributed by atoms with Crippen LogP contribution in [0.25, 0.3) is 10.9 Å². The van der Waals surface area contributed by atoms with E-state index < -0.39 is 68.1 Å². The van der Waals surface area contributed by atoms with E-state index in [0.717, 1.165) is 56.1 Å². The van der Waals surface area contributed by atoms with Crippen molar-refractivity contribution in [2.24, 2.45) is 11.3 Å². The number of likely N-dealkylation sites (N-methyl/N-ethyl adjacent to an activating group) is 1. The highest BCUT2D eigenvalue weighted by Gasteiger charge is 2.78. The molecule has 2 aromatic carbocycles. The van der Waals surface area contributed by atoms with Gasteiger partial charge in [0, 0.05) is 120 Å². The van der Waals surface area contributed by atoms with Crippen molar-refractivity contribution in [3.05, 3.63) is 101 Å². The molecule has 1 unspecified atom stereocenters. The monoisotopic (exact) mass is 1230 g/mol. The summed E-state index contributed by atoms with van der Waals surface area (Å²) in [4.78, 5) is 51.0. The number of rotatable bonds is 23. The van der Waals surface area contributed by atoms with E-state index in [0.29, 0.717) is 127 Å². The van der Waals surface area contributed by atoms with E-state index in [1.165, 1.54) is 7.11 Å². The van der Waals surface area contributed by atoms with Gasteiger partial charge < -0.3 is 53.6 Å². The van der Waals surface area contributed by atoms with Crippen LogP contribution in [0.4, 0.5) is 5.69 Å². The third-order valence-corrected chi connectivity index (χ3v) is 29.8. The molecule has 8 heterocycles. The summed E-state index contributed by atoms with van der Waals surface area (Å²) < 4.78 is 32.3. The Morgan fingerprint density at radius 1 is 0.953 bits per heavy atom. The fraction of sp³-hybridized carbons (Fsp3) is 0.619. The lowest BCUT2D eigenvalue weighted by Gasteiger charge is -2.63. The number of amides is 1. The first-order valence-corrected chi connectivity index (χ1v) is 38.2. The van der Waals surface area contributed by atoms with Crippen LogP contribution in [0.5, 0.6) is 5.75 Å². The number of aliphatic hydroxyl groups excluding tert-OH is 1. The molecule has 1 spiro atoms. The van der Waals surface area contributed by atoms with E-state index in [2.05, 4.69) is 96.9 Å². The van der Waals surface area contributed by atoms with Gasteiger partial charge in [0.15, 0.2) is 27.4 Å². The number of nitrogens with one attached hydrogen (secondary N) is 2. The summed E-state index contributed by atoms with van der Waals surface area (Å²) in [6.07, 6.45) is 11.9. The molecule has 1 saturated carbocycles. The van der Waals surface area contributed by atoms with E-state index in [9.17, 15) is 15.3 Å². The number of thioether (sulfide) groups is 1. The smallest absolute Gasteiger partial charge is 0.322 e. The molecule has 20 nitrogen and oxygen atoms in total. The Hall–Kier alpha value is -5.06. The third-order valence-electron chi connectivity index (χ3n) is 20.0. The van der Waals surface area contributed by atoms with Gasteiger partial charge in [-0.05, 0) is 120 Å². The van der Waals surface area contributed by atoms with Gasteiger partial charge in [-0.2, -0.15) is 0 Å². The molecule has 6 aliphatic rings. The van der Waals surface area contributed by atoms with Gasteiger partial charge >= 0.3 is 5.97 Å². The van der Waals surface area contributed by atoms with Crippen molar-refractivity contribution in [3.8, 4) is 5.75 Å². The van der Waals surface area contributed by atoms with Crippen molar-refractivity contribution in [1.82, 2.24) is 45.1 Å². The van der Waals surface area contributed by atoms with E-state index in [1.54, 1.807) is 23.6 Å². The molecule has 1 amide bonds. The summed E-state index contributed by atoms with van der Waals surface area (Å²) >= 11 is 1.60. The summed E-state index contributed by atoms with van der Waals surface area (Å²) in [7, 11) is 0.481. The number of anilines is 1. The first kappa shape index (κ1) is 62.5. The van der Waals surface area contributed by atoms with Crippen LogP contribution in [0.15, 0.2) is 72.3 Å². The summed E-state index contributed by atoms with van der Waals surface area (Å²) in [5.41, 5.74) is 0.0618. The van der Waals surface area contributed by atoms with E-state index in [-0.39, 0.29) is 18.5 Å². The highest BCUT2D eigenvalue weighted by molar-refractivity contribution is 8.00. The Morgan fingerprint density at radius 3 is 2.48 bits per heavy atom. The quantitative estimate of drug-likeness (QED) is 0.0117. The molecule has 3 aromatic heterocycles. The molecule has 2 saturated heterocycles. The molecule has 5 aromatic rings. The van der Waals surface area contributed by atoms with Gasteiger partial charge in [-0.15, -0.1) is 5.10 Å². The first-order valence-electron chi connectivity index (χ1n) is 31.0. The van der Waals surface area contributed by atoms with E-state index in [1.807, 2.05) is 69.5 Å². The number of nitrogens with zero attached hydrogens (tertiary/aromatic N) is 8. The lowest BCUT2D eigenvalue weighted by atomic mass is 9.47. The Kier molecular flexibility index (Phi) is 17.7. The average molecular weight is 1240 g/mol. The number of carbonyl (C=O) groups excluding carboxylic acids is 2. The molecule has 1 aliphatic carbocycles. The number of hydrogen-bond donors (Lipinski definition) is 5. The number of ether oxygens (including phenoxy) is 4. The molecule has 466 valence electrons. The number of aliphatic hydroxyl groups is 3. The van der Waals surface area contributed by atoms with Crippen molar-refractivity contribution >= 4 is 56.9 Å². The Labute approximate surface area is 512 Å². The van der Waals surface area contributed by atoms with Gasteiger partial charge in [0.25, 0.3) is 5.91 Å². The number of methoxy groups -OCH3 is 2. The van der Waals surface area contributed by atoms with Crippen molar-refractivity contribution in [3.63, 3.8) is 0 Å². The minimum Gasteiger partial charge on any atom is -0.496 e. The molecule has 0 radical (unpaired) electrons. The van der Waals surface area contributed by atoms with Crippen LogP contribution in [0.2, 0.25) is 32.2 Å². The molecule has 5 aliphatic heterocycles. The summed E-state index contributed by atoms with van der Waals surface area (Å²) in [5.74, 6) is -0.678. The Balaban J connectivity index is 0.846. The van der Waals surface area contributed by atoms with Gasteiger partial charge in [0.2, 0.25) is 0 Å². The maximum Gasteiger partial charge on any atom is 0.322 e. The zero-order valence-corrected chi connectivity index (χ0v) is 54.8. The normalized spacial score (nSPS) is 29.6. The predicted molar refractivity (Wildman–Crippen MR) is 335 cm³/mol. The van der Waals surface area contributed by atoms with E-state index in [4.69, 9.17) is 23.1 Å². The van der Waals surface area contributed by atoms with Crippen molar-refractivity contribution in [2.45, 2.75) is 156 Å². The number of aromatic amines is 1. The zero-order valence-electron chi connectivity index (χ0n) is 52.0. The van der Waals surface area contributed by atoms with Crippen LogP contribution in [-0.2, 0) is 58.3 Å². The molecule has 3 fully saturated rings. The number of carbonyl (C=O) groups is 2. The number of hydrogen-bond acceptors (Lipinski definition) is 18. The van der Waals surface area contributed by atoms with Crippen molar-refractivity contribution in [2.75, 3.05) is 90.6 Å². The summed E-state index contributed by atoms with van der Waals surface area (Å²) in [6, 6.07) is 11.9. The number of H-pyrrole nitrogens is 1. The highest BCUT2D eigenvalue weighted by Crippen LogP contribution is 2.68. The molecule has 2 bridgehead atoms. The summed E-state index contributed by atoms with van der Waals surface area (Å²) in [6.45, 7) is 21.1. The minimum absolute atomic E-state index is 0.110. The van der Waals surface area contributed by atoms with Crippen LogP contribution < -0.4 is 15.0 Å². The third kappa shape index (κ3) is 11.0. The minimum atomic E-state index is -2.29. The first-order chi connectivity index (χ1) is 41.1. The SMILES string of the molecule is CCOCCOCc1cn(Cc2cnc(SC[Si](C)(C)O[Si](C)(C)CCCNC(=O)[C@@]3(O)[C@H](O)[C@]4(CC)C=CCN5CC[C@@]6(c7cc([C@@]8(C(=O)OC)C[C@H]9CN(CCc%10c8[nH]c8ccccc%108)C[C@](O)(CC)C9)c(OC)cc7N(C)[C@@H]36)[C@@H]54)nc2)nn1. The predicted octanol–water partition coefficient (Wildman–Crippen LogP) is 6.49. The van der Waals surface area contributed by atoms with Gasteiger partial charge in [0.1, 0.15) is 23.0 Å². The fourth-order valence-corrected chi connectivity index (χ4v) is 26.9. The molecular weight excluding hydrogens is 1140 g/mol. The second kappa shape index (κ2) is 24.4. The number of benzene rings is 2. The topological polar surface area (TPSA) is 235 Å². The number of para-hydroxylation sites is 1. The number of aromatic nitrogens is 6. The summed E-state index contributed by atoms with van der Waals surface area (Å²) in [5, 5.41) is 53.3. The van der Waals surface area contributed by atoms with Crippen LogP contribution >= 0.6 is 11.8 Å². The van der Waals surface area contributed by atoms with Gasteiger partial charge in [-0.3, -0.25) is 19.4 Å². The molecule has 5 N–H and O–H groups in total. The molecule has 11 rings (SSSR count). The molecule has 23 heteroatoms. The average Bonchev–Trinajstić information content (AvgIpc) is 1.46. The van der Waals surface area contributed by atoms with Gasteiger partial charge in [0.05, 0.1) is 58.4 Å². The zero-order chi connectivity index (χ0) is 61.0. The van der Waals surface area contributed by atoms with Crippen LogP contribution in [0.3, 0.4) is 0 Å². The van der Waals surface area contributed by atoms with Gasteiger partial charge in [-0.1, -0.05) is 61.2 Å². The van der Waals surface area contributed by atoms with Crippen LogP contribution in [-0.4, -0.2) is 199 Å². The van der Waals surface area contributed by atoms with Gasteiger partial charge in [-0.25, -0.2) is 14.6 Å². The second-order valence-electron chi connectivity index (χ2n) is 26.4. The lowest BCUT2D eigenvalue weighted by Crippen LogP contribution is -2.81. The number of piperidine rings is 1. The standard InChI is InChI=1S/C63H90N10O10SSi2/c1-11-59(77)32-42-33-62(57(76)80-6,52-46(20-25-71(36-42)40-59)45-18-14-15-19-49(45)67-52)48-30-47-50(31-51(48)79-5)70(4)54-61(47)22-26-72-24-16-21-60(12-2,53(61)72)55(74)63(54,78)56(75)64-23-17-29-85(7,8)83-86(9,10)41-84-58-65-34-43(35-66-58)37-73-38-44(68-69-73)39-82-28-27-81-13-3/h14-16,18-19,21,30-31,34-35,38,42,53-55,67,74,77-78H,11-13,17,20,22-29,32-33,36-37,39-41H2,1-10H3,(H,64,75)/t42-,53-,54+,55+,59-,60+,61+,62-,63-/m0/s1. The maximum atomic E-state index is 15.6. The molecular formula is C63H90N10O10SSi2. The maximum absolute atomic E-state index is 15.6.